The van der Waals surface area contributed by atoms with Crippen molar-refractivity contribution in [2.75, 3.05) is 26.7 Å². The van der Waals surface area contributed by atoms with Crippen LogP contribution in [0.3, 0.4) is 0 Å². The van der Waals surface area contributed by atoms with Crippen LogP contribution in [0.2, 0.25) is 11.1 Å². The lowest BCUT2D eigenvalue weighted by Gasteiger charge is -2.27. The maximum absolute atomic E-state index is 13.6. The summed E-state index contributed by atoms with van der Waals surface area (Å²) < 4.78 is 10.4. The second-order valence-electron chi connectivity index (χ2n) is 11.2. The Bertz CT molecular complexity index is 1210. The summed E-state index contributed by atoms with van der Waals surface area (Å²) in [5, 5.41) is 3.29. The van der Waals surface area contributed by atoms with Crippen molar-refractivity contribution in [3.63, 3.8) is 0 Å². The third kappa shape index (κ3) is 12.3. The van der Waals surface area contributed by atoms with Crippen LogP contribution < -0.4 is 10.3 Å². The van der Waals surface area contributed by atoms with Gasteiger partial charge in [0.1, 0.15) is 6.61 Å². The van der Waals surface area contributed by atoms with E-state index in [1.807, 2.05) is 43.3 Å². The summed E-state index contributed by atoms with van der Waals surface area (Å²) in [6.45, 7) is 3.19. The zero-order valence-electron chi connectivity index (χ0n) is 25.8. The van der Waals surface area contributed by atoms with Gasteiger partial charge in [-0.25, -0.2) is 4.79 Å². The number of hydrogen-bond donors (Lipinski definition) is 2. The standard InChI is InChI=1S/C33H45ClN3O6Si/c1-3-37(19-17-25-11-6-4-7-12-25)30(38)18-20-44(33(41)42-2)36-31(39)28(21-26-13-8-5-9-14-26)23-35-32(40)43-24-27-15-10-16-29(34)22-27/h4,6-7,10-12,15-16,22,26,28H,3,5,8-9,13-14,17-21,23-24H2,1-2H3,(H,35,40)(H,36,39)/t28-/m1/s1. The fourth-order valence-corrected chi connectivity index (χ4v) is 7.34. The predicted molar refractivity (Wildman–Crippen MR) is 172 cm³/mol. The number of ether oxygens (including phenoxy) is 2. The number of nitrogens with one attached hydrogen (secondary N) is 2. The number of methoxy groups -OCH3 is 1. The van der Waals surface area contributed by atoms with Crippen molar-refractivity contribution in [1.82, 2.24) is 15.2 Å². The van der Waals surface area contributed by atoms with Crippen LogP contribution in [0.25, 0.3) is 0 Å². The highest BCUT2D eigenvalue weighted by molar-refractivity contribution is 6.88. The molecule has 0 bridgehead atoms. The zero-order valence-corrected chi connectivity index (χ0v) is 27.6. The van der Waals surface area contributed by atoms with Crippen LogP contribution in [0.5, 0.6) is 0 Å². The Kier molecular flexibility index (Phi) is 15.2. The van der Waals surface area contributed by atoms with E-state index in [9.17, 15) is 19.2 Å². The zero-order chi connectivity index (χ0) is 31.7. The number of hydrogen-bond acceptors (Lipinski definition) is 6. The van der Waals surface area contributed by atoms with Gasteiger partial charge in [-0.15, -0.1) is 0 Å². The maximum Gasteiger partial charge on any atom is 0.407 e. The summed E-state index contributed by atoms with van der Waals surface area (Å²) in [5.41, 5.74) is 1.40. The van der Waals surface area contributed by atoms with Crippen molar-refractivity contribution in [2.45, 2.75) is 70.9 Å². The van der Waals surface area contributed by atoms with E-state index in [0.29, 0.717) is 30.5 Å². The van der Waals surface area contributed by atoms with E-state index in [-0.39, 0.29) is 37.4 Å². The van der Waals surface area contributed by atoms with Gasteiger partial charge in [0, 0.05) is 31.1 Å². The Hall–Kier alpha value is -3.37. The van der Waals surface area contributed by atoms with Crippen LogP contribution in [0.4, 0.5) is 9.59 Å². The van der Waals surface area contributed by atoms with Crippen molar-refractivity contribution in [1.29, 1.82) is 0 Å². The minimum Gasteiger partial charge on any atom is -0.472 e. The summed E-state index contributed by atoms with van der Waals surface area (Å²) in [7, 11) is -0.924. The van der Waals surface area contributed by atoms with Crippen LogP contribution >= 0.6 is 11.6 Å². The fraction of sp³-hybridized carbons (Fsp3) is 0.515. The van der Waals surface area contributed by atoms with Crippen molar-refractivity contribution in [3.8, 4) is 0 Å². The molecule has 9 nitrogen and oxygen atoms in total. The van der Waals surface area contributed by atoms with Crippen molar-refractivity contribution in [3.05, 3.63) is 70.7 Å². The summed E-state index contributed by atoms with van der Waals surface area (Å²) in [4.78, 5) is 56.6. The third-order valence-electron chi connectivity index (χ3n) is 8.01. The molecule has 2 N–H and O–H groups in total. The molecule has 44 heavy (non-hydrogen) atoms. The molecule has 0 heterocycles. The van der Waals surface area contributed by atoms with Crippen LogP contribution in [0, 0.1) is 11.8 Å². The van der Waals surface area contributed by atoms with E-state index in [1.165, 1.54) is 13.5 Å². The van der Waals surface area contributed by atoms with Gasteiger partial charge in [0.25, 0.3) is 5.59 Å². The first-order chi connectivity index (χ1) is 21.3. The molecule has 1 aliphatic carbocycles. The minimum absolute atomic E-state index is 0.0511. The Morgan fingerprint density at radius 3 is 2.43 bits per heavy atom. The highest BCUT2D eigenvalue weighted by Crippen LogP contribution is 2.29. The lowest BCUT2D eigenvalue weighted by atomic mass is 9.82. The highest BCUT2D eigenvalue weighted by Gasteiger charge is 2.32. The molecule has 1 aliphatic rings. The van der Waals surface area contributed by atoms with Gasteiger partial charge >= 0.3 is 15.1 Å². The molecule has 0 saturated heterocycles. The van der Waals surface area contributed by atoms with Gasteiger partial charge in [-0.05, 0) is 55.0 Å². The molecule has 1 saturated carbocycles. The van der Waals surface area contributed by atoms with E-state index in [2.05, 4.69) is 10.3 Å². The molecule has 0 spiro atoms. The predicted octanol–water partition coefficient (Wildman–Crippen LogP) is 6.09. The SMILES string of the molecule is CCN(CCc1ccccc1)C(=O)CC[Si](NC(=O)[C@@H](CNC(=O)OCc1cccc(Cl)c1)CC1CCCCC1)C(=O)OC. The molecule has 3 rings (SSSR count). The quantitative estimate of drug-likeness (QED) is 0.214. The van der Waals surface area contributed by atoms with E-state index in [1.54, 1.807) is 23.1 Å². The molecule has 0 aromatic heterocycles. The molecule has 1 radical (unpaired) electrons. The van der Waals surface area contributed by atoms with Crippen molar-refractivity contribution >= 4 is 44.1 Å². The van der Waals surface area contributed by atoms with Gasteiger partial charge in [-0.2, -0.15) is 0 Å². The summed E-state index contributed by atoms with van der Waals surface area (Å²) in [5.74, 6) is -0.557. The molecular formula is C33H45ClN3O6Si. The van der Waals surface area contributed by atoms with Gasteiger partial charge in [0.2, 0.25) is 11.8 Å². The van der Waals surface area contributed by atoms with Gasteiger partial charge in [-0.1, -0.05) is 86.2 Å². The van der Waals surface area contributed by atoms with Crippen LogP contribution in [0.15, 0.2) is 54.6 Å². The molecule has 1 fully saturated rings. The van der Waals surface area contributed by atoms with Crippen LogP contribution in [-0.4, -0.2) is 64.1 Å². The molecular weight excluding hydrogens is 598 g/mol. The Morgan fingerprint density at radius 2 is 1.75 bits per heavy atom. The summed E-state index contributed by atoms with van der Waals surface area (Å²) in [6.07, 6.45) is 6.31. The van der Waals surface area contributed by atoms with Crippen LogP contribution in [0.1, 0.15) is 63.0 Å². The number of benzene rings is 2. The van der Waals surface area contributed by atoms with Gasteiger partial charge in [-0.3, -0.25) is 14.4 Å². The number of nitrogens with zero attached hydrogens (tertiary/aromatic N) is 1. The second-order valence-corrected chi connectivity index (χ2v) is 13.7. The van der Waals surface area contributed by atoms with E-state index in [0.717, 1.165) is 43.2 Å². The molecule has 3 amide bonds. The van der Waals surface area contributed by atoms with E-state index >= 15 is 0 Å². The first-order valence-corrected chi connectivity index (χ1v) is 17.6. The van der Waals surface area contributed by atoms with E-state index < -0.39 is 26.6 Å². The van der Waals surface area contributed by atoms with Gasteiger partial charge < -0.3 is 24.7 Å². The third-order valence-corrected chi connectivity index (χ3v) is 10.2. The topological polar surface area (TPSA) is 114 Å². The smallest absolute Gasteiger partial charge is 0.407 e. The van der Waals surface area contributed by atoms with Crippen molar-refractivity contribution in [2.24, 2.45) is 11.8 Å². The fourth-order valence-electron chi connectivity index (χ4n) is 5.49. The molecule has 0 unspecified atom stereocenters. The highest BCUT2D eigenvalue weighted by atomic mass is 35.5. The monoisotopic (exact) mass is 642 g/mol. The van der Waals surface area contributed by atoms with Crippen LogP contribution in [-0.2, 0) is 32.1 Å². The lowest BCUT2D eigenvalue weighted by molar-refractivity contribution is -0.130. The van der Waals surface area contributed by atoms with Gasteiger partial charge in [0.05, 0.1) is 13.0 Å². The molecule has 0 aliphatic heterocycles. The number of rotatable bonds is 16. The van der Waals surface area contributed by atoms with Gasteiger partial charge in [0.15, 0.2) is 0 Å². The Morgan fingerprint density at radius 1 is 1.02 bits per heavy atom. The number of carbonyl (C=O) groups is 4. The molecule has 11 heteroatoms. The van der Waals surface area contributed by atoms with E-state index in [4.69, 9.17) is 21.1 Å². The molecule has 1 atom stereocenters. The Labute approximate surface area is 267 Å². The van der Waals surface area contributed by atoms with Crippen molar-refractivity contribution < 1.29 is 28.7 Å². The molecule has 239 valence electrons. The first kappa shape index (κ1) is 35.1. The normalized spacial score (nSPS) is 14.0. The minimum atomic E-state index is -2.21. The number of likely N-dealkylation sites (N-methyl/N-ethyl adjacent to an activating group) is 1. The summed E-state index contributed by atoms with van der Waals surface area (Å²) >= 11 is 6.01. The lowest BCUT2D eigenvalue weighted by Crippen LogP contribution is -2.50. The first-order valence-electron chi connectivity index (χ1n) is 15.5. The number of halogens is 1. The number of amides is 3. The Balaban J connectivity index is 1.58. The maximum atomic E-state index is 13.6. The number of carbonyl (C=O) groups excluding carboxylic acids is 4. The molecule has 2 aromatic carbocycles. The second kappa shape index (κ2) is 19.1. The summed E-state index contributed by atoms with van der Waals surface area (Å²) in [6, 6.07) is 17.2. The average Bonchev–Trinajstić information content (AvgIpc) is 3.04. The largest absolute Gasteiger partial charge is 0.472 e. The molecule has 2 aromatic rings. The average molecular weight is 643 g/mol. The number of alkyl carbamates (subject to hydrolysis) is 1.